The highest BCUT2D eigenvalue weighted by atomic mass is 16.4. The van der Waals surface area contributed by atoms with Crippen LogP contribution in [-0.2, 0) is 62.4 Å². The van der Waals surface area contributed by atoms with Gasteiger partial charge in [0.1, 0.15) is 54.1 Å². The van der Waals surface area contributed by atoms with Gasteiger partial charge in [0.15, 0.2) is 11.9 Å². The van der Waals surface area contributed by atoms with Gasteiger partial charge in [0.05, 0.1) is 19.0 Å². The Morgan fingerprint density at radius 1 is 0.563 bits per heavy atom. The van der Waals surface area contributed by atoms with Crippen molar-refractivity contribution in [3.63, 3.8) is 0 Å². The lowest BCUT2D eigenvalue weighted by molar-refractivity contribution is -0.142. The van der Waals surface area contributed by atoms with Gasteiger partial charge in [0.2, 0.25) is 47.3 Å². The van der Waals surface area contributed by atoms with Gasteiger partial charge < -0.3 is 97.2 Å². The summed E-state index contributed by atoms with van der Waals surface area (Å²) in [6, 6.07) is 2.32. The number of phenolic OH excluding ortho intramolecular Hbond substituents is 1. The summed E-state index contributed by atoms with van der Waals surface area (Å²) in [4.78, 5) is 140. The number of carbonyl (C=O) groups excluding carboxylic acids is 8. The largest absolute Gasteiger partial charge is 0.508 e. The minimum atomic E-state index is -1.69. The second-order valence-corrected chi connectivity index (χ2v) is 21.6. The lowest BCUT2D eigenvalue weighted by Crippen LogP contribution is -2.61. The molecule has 1 aromatic heterocycles. The zero-order valence-corrected chi connectivity index (χ0v) is 49.8. The van der Waals surface area contributed by atoms with Crippen LogP contribution < -0.4 is 76.9 Å². The van der Waals surface area contributed by atoms with Crippen molar-refractivity contribution >= 4 is 65.1 Å². The molecule has 1 heterocycles. The average molecular weight is 1220 g/mol. The fraction of sp³-hybridized carbons (Fsp3) is 0.544. The van der Waals surface area contributed by atoms with Gasteiger partial charge in [-0.05, 0) is 99.4 Å². The zero-order valence-electron chi connectivity index (χ0n) is 49.8. The second kappa shape index (κ2) is 38.2. The third-order valence-electron chi connectivity index (χ3n) is 13.9. The molecule has 0 aliphatic rings. The number of aromatic nitrogens is 2. The minimum absolute atomic E-state index is 0.00320. The Morgan fingerprint density at radius 2 is 1.03 bits per heavy atom. The molecule has 480 valence electrons. The lowest BCUT2D eigenvalue weighted by atomic mass is 9.96. The fourth-order valence-electron chi connectivity index (χ4n) is 8.92. The van der Waals surface area contributed by atoms with E-state index in [9.17, 15) is 58.5 Å². The van der Waals surface area contributed by atoms with Crippen molar-refractivity contribution in [2.75, 3.05) is 26.2 Å². The molecule has 8 amide bonds. The van der Waals surface area contributed by atoms with E-state index in [-0.39, 0.29) is 107 Å². The molecule has 2 aromatic carbocycles. The molecular formula is C57H90N18O12. The van der Waals surface area contributed by atoms with Crippen molar-refractivity contribution in [1.82, 2.24) is 52.5 Å². The minimum Gasteiger partial charge on any atom is -0.508 e. The Bertz CT molecular complexity index is 2730. The number of aromatic amines is 1. The van der Waals surface area contributed by atoms with E-state index < -0.39 is 120 Å². The number of phenols is 1. The molecule has 24 N–H and O–H groups in total. The number of rotatable bonds is 40. The van der Waals surface area contributed by atoms with Crippen molar-refractivity contribution in [3.8, 4) is 5.75 Å². The highest BCUT2D eigenvalue weighted by Gasteiger charge is 2.36. The van der Waals surface area contributed by atoms with Gasteiger partial charge in [0.25, 0.3) is 0 Å². The van der Waals surface area contributed by atoms with Crippen LogP contribution in [0.3, 0.4) is 0 Å². The number of nitrogens with one attached hydrogen (secondary N) is 9. The molecule has 30 nitrogen and oxygen atoms in total. The van der Waals surface area contributed by atoms with Gasteiger partial charge in [-0.25, -0.2) is 9.78 Å². The zero-order chi connectivity index (χ0) is 64.6. The SMILES string of the molecule is CC[C@H](C)[C@H](NC(=O)[C@H](CC(C)C)NC(=O)[C@H](CCCN=C(N)N)NC(=O)[C@H](CCCN=C(N)N)NC(=O)[C@H](CCCCN)NC(=O)[C@H](CO)NC(=O)[C@H](Cc1cnc[nH]1)NC(=O)[C@@H](N)Cc1ccc(O)cc1)C(=O)N[C@@H](Cc1ccccc1)C(=O)O. The Morgan fingerprint density at radius 3 is 1.52 bits per heavy atom. The number of nitrogens with zero attached hydrogens (tertiary/aromatic N) is 3. The van der Waals surface area contributed by atoms with Crippen LogP contribution >= 0.6 is 0 Å². The number of H-pyrrole nitrogens is 1. The van der Waals surface area contributed by atoms with Crippen LogP contribution in [0.5, 0.6) is 5.75 Å². The summed E-state index contributed by atoms with van der Waals surface area (Å²) in [5.41, 5.74) is 36.0. The normalized spacial score (nSPS) is 14.5. The van der Waals surface area contributed by atoms with Crippen LogP contribution in [0.15, 0.2) is 77.1 Å². The number of aliphatic hydroxyl groups excluding tert-OH is 1. The topological polar surface area (TPSA) is 520 Å². The van der Waals surface area contributed by atoms with Crippen LogP contribution in [0.25, 0.3) is 0 Å². The number of benzene rings is 2. The molecule has 87 heavy (non-hydrogen) atoms. The maximum Gasteiger partial charge on any atom is 0.326 e. The van der Waals surface area contributed by atoms with Crippen LogP contribution in [0, 0.1) is 11.8 Å². The van der Waals surface area contributed by atoms with E-state index in [2.05, 4.69) is 62.5 Å². The van der Waals surface area contributed by atoms with E-state index in [1.54, 1.807) is 70.2 Å². The van der Waals surface area contributed by atoms with Crippen molar-refractivity contribution in [3.05, 3.63) is 83.9 Å². The molecule has 0 aliphatic heterocycles. The van der Waals surface area contributed by atoms with Crippen LogP contribution in [0.2, 0.25) is 0 Å². The number of amides is 8. The van der Waals surface area contributed by atoms with Gasteiger partial charge >= 0.3 is 5.97 Å². The van der Waals surface area contributed by atoms with Crippen molar-refractivity contribution in [2.45, 2.75) is 159 Å². The molecule has 30 heteroatoms. The molecule has 0 spiro atoms. The van der Waals surface area contributed by atoms with Crippen LogP contribution in [0.1, 0.15) is 102 Å². The first kappa shape index (κ1) is 72.4. The van der Waals surface area contributed by atoms with Gasteiger partial charge in [-0.2, -0.15) is 0 Å². The maximum atomic E-state index is 14.6. The molecule has 3 rings (SSSR count). The Labute approximate surface area is 505 Å². The second-order valence-electron chi connectivity index (χ2n) is 21.6. The molecule has 0 bridgehead atoms. The number of hydrogen-bond acceptors (Lipinski definition) is 16. The van der Waals surface area contributed by atoms with E-state index >= 15 is 0 Å². The average Bonchev–Trinajstić information content (AvgIpc) is 4.17. The monoisotopic (exact) mass is 1220 g/mol. The molecule has 0 saturated heterocycles. The molecule has 0 unspecified atom stereocenters. The lowest BCUT2D eigenvalue weighted by Gasteiger charge is -2.29. The Hall–Kier alpha value is -8.90. The first-order valence-corrected chi connectivity index (χ1v) is 29.0. The van der Waals surface area contributed by atoms with Crippen LogP contribution in [-0.4, -0.2) is 171 Å². The third kappa shape index (κ3) is 26.9. The summed E-state index contributed by atoms with van der Waals surface area (Å²) in [6.07, 6.45) is 3.64. The van der Waals surface area contributed by atoms with Crippen molar-refractivity contribution < 1.29 is 58.5 Å². The third-order valence-corrected chi connectivity index (χ3v) is 13.9. The first-order chi connectivity index (χ1) is 41.3. The number of carbonyl (C=O) groups is 9. The van der Waals surface area contributed by atoms with Gasteiger partial charge in [-0.15, -0.1) is 0 Å². The molecular weight excluding hydrogens is 1130 g/mol. The molecule has 0 aliphatic carbocycles. The maximum absolute atomic E-state index is 14.6. The smallest absolute Gasteiger partial charge is 0.326 e. The number of nitrogens with two attached hydrogens (primary N) is 6. The molecule has 0 saturated carbocycles. The summed E-state index contributed by atoms with van der Waals surface area (Å²) >= 11 is 0. The van der Waals surface area contributed by atoms with Crippen molar-refractivity contribution in [1.29, 1.82) is 0 Å². The number of carboxylic acids is 1. The number of unbranched alkanes of at least 4 members (excludes halogenated alkanes) is 1. The van der Waals surface area contributed by atoms with Crippen molar-refractivity contribution in [2.24, 2.45) is 56.2 Å². The molecule has 0 fully saturated rings. The van der Waals surface area contributed by atoms with Gasteiger partial charge in [-0.3, -0.25) is 48.3 Å². The number of aliphatic carboxylic acids is 1. The first-order valence-electron chi connectivity index (χ1n) is 29.0. The predicted octanol–water partition coefficient (Wildman–Crippen LogP) is -3.25. The number of guanidine groups is 2. The van der Waals surface area contributed by atoms with E-state index in [4.69, 9.17) is 34.4 Å². The molecule has 0 radical (unpaired) electrons. The van der Waals surface area contributed by atoms with Gasteiger partial charge in [0, 0.05) is 37.8 Å². The highest BCUT2D eigenvalue weighted by molar-refractivity contribution is 5.98. The summed E-state index contributed by atoms with van der Waals surface area (Å²) in [6.45, 7) is 6.33. The standard InChI is InChI=1S/C57H90N18O12/c1-5-33(4)46(54(85)73-44(55(86)87)27-34-13-7-6-8-14-34)75-52(83)42(25-32(2)3)72-50(81)41(17-12-24-66-57(62)63)69-49(80)40(16-11-23-65-56(60)61)68-48(79)39(15-9-10-22-58)70-53(84)45(30-76)74-51(82)43(28-36-29-64-31-67-36)71-47(78)38(59)26-35-18-20-37(77)21-19-35/h6-8,13-14,18-21,29,31-33,38-46,76-77H,5,9-12,15-17,22-28,30,58-59H2,1-4H3,(H,64,67)(H,68,79)(H,69,80)(H,70,84)(H,71,78)(H,72,81)(H,73,85)(H,74,82)(H,75,83)(H,86,87)(H4,60,61,65)(H4,62,63,66)/t33-,38-,39-,40-,41-,42-,43-,44-,45-,46-/m0/s1. The molecule has 10 atom stereocenters. The van der Waals surface area contributed by atoms with E-state index in [0.717, 1.165) is 0 Å². The number of carboxylic acid groups (broad SMARTS) is 1. The molecule has 3 aromatic rings. The fourth-order valence-corrected chi connectivity index (χ4v) is 8.92. The van der Waals surface area contributed by atoms with E-state index in [1.807, 2.05) is 0 Å². The summed E-state index contributed by atoms with van der Waals surface area (Å²) < 4.78 is 0. The summed E-state index contributed by atoms with van der Waals surface area (Å²) in [5.74, 6) is -9.32. The Kier molecular flexibility index (Phi) is 31.8. The quantitative estimate of drug-likeness (QED) is 0.0151. The van der Waals surface area contributed by atoms with E-state index in [1.165, 1.54) is 24.7 Å². The number of aliphatic hydroxyl groups is 1. The number of aromatic hydroxyl groups is 1. The predicted molar refractivity (Wildman–Crippen MR) is 324 cm³/mol. The number of aliphatic imine (C=N–C) groups is 2. The highest BCUT2D eigenvalue weighted by Crippen LogP contribution is 2.15. The summed E-state index contributed by atoms with van der Waals surface area (Å²) in [7, 11) is 0. The summed E-state index contributed by atoms with van der Waals surface area (Å²) in [5, 5.41) is 51.2. The van der Waals surface area contributed by atoms with E-state index in [0.29, 0.717) is 29.7 Å². The number of imidazole rings is 1. The number of hydrogen-bond donors (Lipinski definition) is 18. The van der Waals surface area contributed by atoms with Gasteiger partial charge in [-0.1, -0.05) is 76.6 Å². The van der Waals surface area contributed by atoms with Crippen LogP contribution in [0.4, 0.5) is 0 Å². The Balaban J connectivity index is 1.92.